The number of aliphatic hydroxyl groups is 2. The van der Waals surface area contributed by atoms with E-state index in [9.17, 15) is 9.90 Å². The highest BCUT2D eigenvalue weighted by molar-refractivity contribution is 5.30. The van der Waals surface area contributed by atoms with E-state index < -0.39 is 6.10 Å². The van der Waals surface area contributed by atoms with E-state index in [1.165, 1.54) is 6.20 Å². The van der Waals surface area contributed by atoms with Crippen LogP contribution in [0, 0.1) is 5.92 Å². The molecule has 0 spiro atoms. The molecule has 1 rings (SSSR count). The highest BCUT2D eigenvalue weighted by Gasteiger charge is 2.07. The van der Waals surface area contributed by atoms with Gasteiger partial charge in [0.2, 0.25) is 0 Å². The molecule has 1 heterocycles. The van der Waals surface area contributed by atoms with Crippen molar-refractivity contribution in [1.29, 1.82) is 0 Å². The van der Waals surface area contributed by atoms with Gasteiger partial charge in [0, 0.05) is 25.5 Å². The predicted molar refractivity (Wildman–Crippen MR) is 64.9 cm³/mol. The summed E-state index contributed by atoms with van der Waals surface area (Å²) in [5.41, 5.74) is -0.216. The Labute approximate surface area is 99.9 Å². The van der Waals surface area contributed by atoms with Crippen LogP contribution in [0.5, 0.6) is 0 Å². The third kappa shape index (κ3) is 4.16. The highest BCUT2D eigenvalue weighted by Crippen LogP contribution is 1.98. The maximum Gasteiger partial charge on any atom is 0.293 e. The van der Waals surface area contributed by atoms with E-state index in [1.807, 2.05) is 13.8 Å². The molecule has 1 aromatic heterocycles. The lowest BCUT2D eigenvalue weighted by Gasteiger charge is -2.12. The first-order valence-electron chi connectivity index (χ1n) is 5.62. The number of hydrogen-bond acceptors (Lipinski definition) is 5. The second-order valence-electron chi connectivity index (χ2n) is 4.34. The zero-order chi connectivity index (χ0) is 12.8. The first-order valence-corrected chi connectivity index (χ1v) is 5.62. The Morgan fingerprint density at radius 3 is 2.82 bits per heavy atom. The zero-order valence-electron chi connectivity index (χ0n) is 10.1. The molecule has 6 heteroatoms. The molecular formula is C11H19N3O3. The molecule has 0 fully saturated rings. The van der Waals surface area contributed by atoms with Crippen molar-refractivity contribution in [3.63, 3.8) is 0 Å². The van der Waals surface area contributed by atoms with Crippen LogP contribution in [-0.4, -0.2) is 39.0 Å². The molecule has 0 radical (unpaired) electrons. The summed E-state index contributed by atoms with van der Waals surface area (Å²) in [5.74, 6) is 0.562. The lowest BCUT2D eigenvalue weighted by atomic mass is 10.2. The zero-order valence-corrected chi connectivity index (χ0v) is 10.1. The van der Waals surface area contributed by atoms with Gasteiger partial charge in [-0.05, 0) is 5.92 Å². The van der Waals surface area contributed by atoms with Crippen molar-refractivity contribution in [3.8, 4) is 0 Å². The fourth-order valence-electron chi connectivity index (χ4n) is 1.38. The molecule has 0 aliphatic rings. The maximum absolute atomic E-state index is 11.9. The summed E-state index contributed by atoms with van der Waals surface area (Å²) in [6.45, 7) is 4.42. The summed E-state index contributed by atoms with van der Waals surface area (Å²) >= 11 is 0. The quantitative estimate of drug-likeness (QED) is 0.634. The minimum Gasteiger partial charge on any atom is -0.394 e. The average Bonchev–Trinajstić information content (AvgIpc) is 2.29. The molecule has 0 amide bonds. The standard InChI is InChI=1S/C11H19N3O3/c1-8(2)6-14-4-3-12-10(11(14)17)13-5-9(16)7-15/h3-4,8-9,15-16H,5-7H2,1-2H3,(H,12,13). The Bertz CT molecular complexity index is 403. The van der Waals surface area contributed by atoms with Crippen LogP contribution >= 0.6 is 0 Å². The molecular weight excluding hydrogens is 222 g/mol. The number of rotatable bonds is 6. The monoisotopic (exact) mass is 241 g/mol. The third-order valence-corrected chi connectivity index (χ3v) is 2.19. The van der Waals surface area contributed by atoms with Gasteiger partial charge in [0.25, 0.3) is 5.56 Å². The van der Waals surface area contributed by atoms with Gasteiger partial charge in [-0.2, -0.15) is 0 Å². The summed E-state index contributed by atoms with van der Waals surface area (Å²) in [6.07, 6.45) is 2.28. The normalized spacial score (nSPS) is 12.8. The van der Waals surface area contributed by atoms with E-state index in [0.29, 0.717) is 12.5 Å². The maximum atomic E-state index is 11.9. The summed E-state index contributed by atoms with van der Waals surface area (Å²) in [7, 11) is 0. The van der Waals surface area contributed by atoms with Gasteiger partial charge >= 0.3 is 0 Å². The van der Waals surface area contributed by atoms with Gasteiger partial charge in [-0.25, -0.2) is 4.98 Å². The molecule has 0 saturated heterocycles. The van der Waals surface area contributed by atoms with Gasteiger partial charge in [-0.3, -0.25) is 4.79 Å². The van der Waals surface area contributed by atoms with Gasteiger partial charge in [0.15, 0.2) is 5.82 Å². The SMILES string of the molecule is CC(C)Cn1ccnc(NCC(O)CO)c1=O. The molecule has 17 heavy (non-hydrogen) atoms. The summed E-state index contributed by atoms with van der Waals surface area (Å²) < 4.78 is 1.57. The van der Waals surface area contributed by atoms with E-state index in [2.05, 4.69) is 10.3 Å². The number of hydrogen-bond donors (Lipinski definition) is 3. The molecule has 1 aromatic rings. The first-order chi connectivity index (χ1) is 8.04. The van der Waals surface area contributed by atoms with Crippen LogP contribution in [0.25, 0.3) is 0 Å². The molecule has 1 unspecified atom stereocenters. The molecule has 0 saturated carbocycles. The molecule has 0 aliphatic heterocycles. The van der Waals surface area contributed by atoms with Crippen LogP contribution in [0.15, 0.2) is 17.2 Å². The van der Waals surface area contributed by atoms with Crippen LogP contribution in [0.4, 0.5) is 5.82 Å². The molecule has 0 aliphatic carbocycles. The fourth-order valence-corrected chi connectivity index (χ4v) is 1.38. The lowest BCUT2D eigenvalue weighted by Crippen LogP contribution is -2.30. The van der Waals surface area contributed by atoms with Crippen molar-refractivity contribution < 1.29 is 10.2 Å². The third-order valence-electron chi connectivity index (χ3n) is 2.19. The topological polar surface area (TPSA) is 87.4 Å². The van der Waals surface area contributed by atoms with Crippen LogP contribution in [0.2, 0.25) is 0 Å². The Morgan fingerprint density at radius 1 is 1.53 bits per heavy atom. The van der Waals surface area contributed by atoms with Gasteiger partial charge in [0.1, 0.15) is 0 Å². The van der Waals surface area contributed by atoms with E-state index >= 15 is 0 Å². The fraction of sp³-hybridized carbons (Fsp3) is 0.636. The highest BCUT2D eigenvalue weighted by atomic mass is 16.3. The molecule has 0 bridgehead atoms. The number of aliphatic hydroxyl groups excluding tert-OH is 2. The molecule has 96 valence electrons. The van der Waals surface area contributed by atoms with Crippen molar-refractivity contribution in [1.82, 2.24) is 9.55 Å². The van der Waals surface area contributed by atoms with Crippen molar-refractivity contribution in [2.75, 3.05) is 18.5 Å². The minimum absolute atomic E-state index is 0.102. The first kappa shape index (κ1) is 13.7. The molecule has 0 aromatic carbocycles. The second kappa shape index (κ2) is 6.36. The second-order valence-corrected chi connectivity index (χ2v) is 4.34. The average molecular weight is 241 g/mol. The molecule has 6 nitrogen and oxygen atoms in total. The van der Waals surface area contributed by atoms with Crippen molar-refractivity contribution in [2.45, 2.75) is 26.5 Å². The number of nitrogens with one attached hydrogen (secondary N) is 1. The van der Waals surface area contributed by atoms with E-state index in [1.54, 1.807) is 10.8 Å². The predicted octanol–water partition coefficient (Wildman–Crippen LogP) is -0.336. The van der Waals surface area contributed by atoms with E-state index in [4.69, 9.17) is 5.11 Å². The van der Waals surface area contributed by atoms with Gasteiger partial charge < -0.3 is 20.1 Å². The number of aromatic nitrogens is 2. The van der Waals surface area contributed by atoms with Crippen LogP contribution < -0.4 is 10.9 Å². The minimum atomic E-state index is -0.894. The Kier molecular flexibility index (Phi) is 5.11. The summed E-state index contributed by atoms with van der Waals surface area (Å²) in [4.78, 5) is 15.8. The van der Waals surface area contributed by atoms with Gasteiger partial charge in [-0.1, -0.05) is 13.8 Å². The number of anilines is 1. The van der Waals surface area contributed by atoms with Gasteiger partial charge in [0.05, 0.1) is 12.7 Å². The Morgan fingerprint density at radius 2 is 2.24 bits per heavy atom. The van der Waals surface area contributed by atoms with Crippen LogP contribution in [0.3, 0.4) is 0 Å². The van der Waals surface area contributed by atoms with Crippen molar-refractivity contribution in [2.24, 2.45) is 5.92 Å². The Hall–Kier alpha value is -1.40. The lowest BCUT2D eigenvalue weighted by molar-refractivity contribution is 0.105. The number of nitrogens with zero attached hydrogens (tertiary/aromatic N) is 2. The van der Waals surface area contributed by atoms with Gasteiger partial charge in [-0.15, -0.1) is 0 Å². The summed E-state index contributed by atoms with van der Waals surface area (Å²) in [5, 5.41) is 20.6. The van der Waals surface area contributed by atoms with E-state index in [0.717, 1.165) is 0 Å². The van der Waals surface area contributed by atoms with Crippen LogP contribution in [-0.2, 0) is 6.54 Å². The molecule has 1 atom stereocenters. The largest absolute Gasteiger partial charge is 0.394 e. The Balaban J connectivity index is 2.76. The van der Waals surface area contributed by atoms with E-state index in [-0.39, 0.29) is 24.5 Å². The van der Waals surface area contributed by atoms with Crippen molar-refractivity contribution >= 4 is 5.82 Å². The smallest absolute Gasteiger partial charge is 0.293 e. The van der Waals surface area contributed by atoms with Crippen LogP contribution in [0.1, 0.15) is 13.8 Å². The molecule has 3 N–H and O–H groups in total. The van der Waals surface area contributed by atoms with Crippen molar-refractivity contribution in [3.05, 3.63) is 22.7 Å². The summed E-state index contributed by atoms with van der Waals surface area (Å²) in [6, 6.07) is 0.